The Balaban J connectivity index is 1.43. The van der Waals surface area contributed by atoms with E-state index in [4.69, 9.17) is 0 Å². The molecule has 7 heteroatoms. The zero-order chi connectivity index (χ0) is 16.8. The van der Waals surface area contributed by atoms with E-state index in [1.54, 1.807) is 33.7 Å². The monoisotopic (exact) mass is 364 g/mol. The first-order valence-electron chi connectivity index (χ1n) is 7.82. The predicted molar refractivity (Wildman–Crippen MR) is 102 cm³/mol. The number of hydrogen-bond donors (Lipinski definition) is 0. The summed E-state index contributed by atoms with van der Waals surface area (Å²) in [5.41, 5.74) is 2.54. The molecule has 1 aromatic carbocycles. The molecule has 3 heterocycles. The fourth-order valence-corrected chi connectivity index (χ4v) is 4.91. The number of nitrogens with zero attached hydrogens (tertiary/aromatic N) is 4. The van der Waals surface area contributed by atoms with Gasteiger partial charge in [0.25, 0.3) is 5.56 Å². The van der Waals surface area contributed by atoms with Crippen LogP contribution in [0.2, 0.25) is 0 Å². The van der Waals surface area contributed by atoms with E-state index in [9.17, 15) is 4.79 Å². The third-order valence-electron chi connectivity index (χ3n) is 4.09. The lowest BCUT2D eigenvalue weighted by Gasteiger charge is -2.12. The molecule has 0 amide bonds. The van der Waals surface area contributed by atoms with Crippen LogP contribution in [-0.2, 0) is 5.75 Å². The van der Waals surface area contributed by atoms with Crippen LogP contribution < -0.4 is 5.56 Å². The summed E-state index contributed by atoms with van der Waals surface area (Å²) in [5.74, 6) is 1.09. The maximum atomic E-state index is 12.5. The Morgan fingerprint density at radius 2 is 2.12 bits per heavy atom. The van der Waals surface area contributed by atoms with Gasteiger partial charge in [0.15, 0.2) is 4.34 Å². The smallest absolute Gasteiger partial charge is 0.256 e. The molecule has 0 saturated heterocycles. The third-order valence-corrected chi connectivity index (χ3v) is 6.30. The van der Waals surface area contributed by atoms with E-state index in [1.807, 2.05) is 42.5 Å². The van der Waals surface area contributed by atoms with Crippen LogP contribution in [0.3, 0.4) is 0 Å². The van der Waals surface area contributed by atoms with Gasteiger partial charge in [0.2, 0.25) is 5.95 Å². The summed E-state index contributed by atoms with van der Waals surface area (Å²) in [6.45, 7) is 0. The number of aliphatic imine (C=N–C) groups is 1. The van der Waals surface area contributed by atoms with E-state index in [0.717, 1.165) is 21.3 Å². The molecule has 0 radical (unpaired) electrons. The fourth-order valence-electron chi connectivity index (χ4n) is 2.95. The predicted octanol–water partition coefficient (Wildman–Crippen LogP) is 3.90. The number of hydrogen-bond acceptors (Lipinski definition) is 6. The van der Waals surface area contributed by atoms with Gasteiger partial charge in [0, 0.05) is 11.8 Å². The number of thioether (sulfide) groups is 1. The summed E-state index contributed by atoms with van der Waals surface area (Å²) in [4.78, 5) is 26.2. The number of para-hydroxylation sites is 1. The van der Waals surface area contributed by atoms with Crippen LogP contribution in [0.5, 0.6) is 0 Å². The molecule has 2 aliphatic rings. The zero-order valence-corrected chi connectivity index (χ0v) is 14.6. The standard InChI is InChI=1S/C18H12N4OS2/c23-16-9-11(10-24-18-21-13-6-2-4-8-15(13)25-18)19-17-20-12-5-1-3-7-14(12)22(16)17/h1-9,14H,10H2. The minimum absolute atomic E-state index is 0.0615. The lowest BCUT2D eigenvalue weighted by atomic mass is 10.1. The van der Waals surface area contributed by atoms with Crippen molar-refractivity contribution in [3.8, 4) is 0 Å². The highest BCUT2D eigenvalue weighted by Gasteiger charge is 2.26. The van der Waals surface area contributed by atoms with Crippen LogP contribution >= 0.6 is 23.1 Å². The van der Waals surface area contributed by atoms with E-state index < -0.39 is 0 Å². The first-order chi connectivity index (χ1) is 12.3. The van der Waals surface area contributed by atoms with Gasteiger partial charge in [-0.15, -0.1) is 11.3 Å². The first kappa shape index (κ1) is 14.8. The third kappa shape index (κ3) is 2.56. The van der Waals surface area contributed by atoms with Crippen molar-refractivity contribution in [2.24, 2.45) is 4.99 Å². The molecule has 0 spiro atoms. The van der Waals surface area contributed by atoms with Gasteiger partial charge in [0.1, 0.15) is 6.04 Å². The average molecular weight is 364 g/mol. The minimum Gasteiger partial charge on any atom is -0.269 e. The van der Waals surface area contributed by atoms with Crippen molar-refractivity contribution < 1.29 is 0 Å². The molecule has 122 valence electrons. The molecule has 5 nitrogen and oxygen atoms in total. The minimum atomic E-state index is -0.119. The van der Waals surface area contributed by atoms with Gasteiger partial charge in [-0.25, -0.2) is 15.0 Å². The Hall–Kier alpha value is -2.51. The van der Waals surface area contributed by atoms with Crippen LogP contribution in [0.25, 0.3) is 10.2 Å². The number of allylic oxidation sites excluding steroid dienone is 4. The molecule has 1 atom stereocenters. The van der Waals surface area contributed by atoms with Crippen LogP contribution in [0.1, 0.15) is 11.7 Å². The van der Waals surface area contributed by atoms with Crippen LogP contribution in [0.4, 0.5) is 5.95 Å². The van der Waals surface area contributed by atoms with Gasteiger partial charge in [-0.3, -0.25) is 9.36 Å². The number of aromatic nitrogens is 3. The molecule has 5 rings (SSSR count). The number of thiazole rings is 1. The van der Waals surface area contributed by atoms with E-state index in [2.05, 4.69) is 21.0 Å². The topological polar surface area (TPSA) is 60.1 Å². The van der Waals surface area contributed by atoms with Gasteiger partial charge in [-0.1, -0.05) is 42.1 Å². The molecule has 2 aromatic heterocycles. The Labute approximate surface area is 151 Å². The van der Waals surface area contributed by atoms with Gasteiger partial charge in [-0.2, -0.15) is 0 Å². The fraction of sp³-hybridized carbons (Fsp3) is 0.111. The second kappa shape index (κ2) is 5.79. The Kier molecular flexibility index (Phi) is 3.43. The second-order valence-electron chi connectivity index (χ2n) is 5.72. The first-order valence-corrected chi connectivity index (χ1v) is 9.62. The van der Waals surface area contributed by atoms with Crippen molar-refractivity contribution >= 4 is 45.0 Å². The molecular formula is C18H12N4OS2. The summed E-state index contributed by atoms with van der Waals surface area (Å²) in [6, 6.07) is 9.56. The van der Waals surface area contributed by atoms with E-state index >= 15 is 0 Å². The van der Waals surface area contributed by atoms with E-state index in [-0.39, 0.29) is 11.6 Å². The maximum Gasteiger partial charge on any atom is 0.256 e. The average Bonchev–Trinajstić information content (AvgIpc) is 3.20. The lowest BCUT2D eigenvalue weighted by Crippen LogP contribution is -2.25. The van der Waals surface area contributed by atoms with Crippen LogP contribution in [0, 0.1) is 0 Å². The van der Waals surface area contributed by atoms with Crippen molar-refractivity contribution in [1.29, 1.82) is 0 Å². The van der Waals surface area contributed by atoms with Crippen molar-refractivity contribution in [3.63, 3.8) is 0 Å². The molecule has 0 fully saturated rings. The molecule has 25 heavy (non-hydrogen) atoms. The highest BCUT2D eigenvalue weighted by atomic mass is 32.2. The van der Waals surface area contributed by atoms with E-state index in [1.165, 1.54) is 4.70 Å². The van der Waals surface area contributed by atoms with Crippen molar-refractivity contribution in [2.75, 3.05) is 0 Å². The van der Waals surface area contributed by atoms with Crippen LogP contribution in [-0.4, -0.2) is 20.2 Å². The van der Waals surface area contributed by atoms with Crippen molar-refractivity contribution in [3.05, 3.63) is 70.7 Å². The summed E-state index contributed by atoms with van der Waals surface area (Å²) < 4.78 is 3.79. The van der Waals surface area contributed by atoms with Crippen LogP contribution in [0.15, 0.2) is 68.8 Å². The number of fused-ring (bicyclic) bond motifs is 4. The highest BCUT2D eigenvalue weighted by Crippen LogP contribution is 2.32. The molecule has 0 saturated carbocycles. The zero-order valence-electron chi connectivity index (χ0n) is 13.0. The van der Waals surface area contributed by atoms with Gasteiger partial charge in [0.05, 0.1) is 21.6 Å². The molecule has 1 aliphatic heterocycles. The van der Waals surface area contributed by atoms with Crippen molar-refractivity contribution in [2.45, 2.75) is 16.1 Å². The number of rotatable bonds is 3. The molecule has 1 aliphatic carbocycles. The van der Waals surface area contributed by atoms with Gasteiger partial charge >= 0.3 is 0 Å². The summed E-state index contributed by atoms with van der Waals surface area (Å²) >= 11 is 3.26. The molecule has 0 N–H and O–H groups in total. The number of benzene rings is 1. The SMILES string of the molecule is O=c1cc(CSc2nc3ccccc3s2)nc2n1C1C=CC=CC1=N2. The lowest BCUT2D eigenvalue weighted by molar-refractivity contribution is 0.732. The quantitative estimate of drug-likeness (QED) is 0.662. The van der Waals surface area contributed by atoms with Gasteiger partial charge in [-0.05, 0) is 18.2 Å². The summed E-state index contributed by atoms with van der Waals surface area (Å²) in [6.07, 6.45) is 7.75. The second-order valence-corrected chi connectivity index (χ2v) is 7.97. The largest absolute Gasteiger partial charge is 0.269 e. The Morgan fingerprint density at radius 3 is 3.04 bits per heavy atom. The Bertz CT molecular complexity index is 1110. The Morgan fingerprint density at radius 1 is 1.20 bits per heavy atom. The molecule has 1 unspecified atom stereocenters. The molecular weight excluding hydrogens is 352 g/mol. The molecule has 0 bridgehead atoms. The summed E-state index contributed by atoms with van der Waals surface area (Å²) in [7, 11) is 0. The maximum absolute atomic E-state index is 12.5. The molecule has 3 aromatic rings. The van der Waals surface area contributed by atoms with E-state index in [0.29, 0.717) is 11.7 Å². The summed E-state index contributed by atoms with van der Waals surface area (Å²) in [5, 5.41) is 0. The van der Waals surface area contributed by atoms with Gasteiger partial charge < -0.3 is 0 Å². The highest BCUT2D eigenvalue weighted by molar-refractivity contribution is 8.00. The van der Waals surface area contributed by atoms with Crippen molar-refractivity contribution in [1.82, 2.24) is 14.5 Å². The normalized spacial score (nSPS) is 17.6.